The van der Waals surface area contributed by atoms with E-state index in [-0.39, 0.29) is 17.4 Å². The standard InChI is InChI=1S/C14H18N2O/c1-14(7-8-14)13(17)16-12-6-5-9-10(12)3-2-4-11(9)15/h2-4,12H,5-8,15H2,1H3,(H,16,17). The maximum Gasteiger partial charge on any atom is 0.226 e. The van der Waals surface area contributed by atoms with Gasteiger partial charge in [-0.1, -0.05) is 19.1 Å². The van der Waals surface area contributed by atoms with E-state index in [9.17, 15) is 4.79 Å². The molecule has 3 heteroatoms. The van der Waals surface area contributed by atoms with E-state index in [1.807, 2.05) is 19.1 Å². The SMILES string of the molecule is CC1(C(=O)NC2CCc3c(N)cccc32)CC1. The van der Waals surface area contributed by atoms with Gasteiger partial charge < -0.3 is 11.1 Å². The maximum absolute atomic E-state index is 12.0. The van der Waals surface area contributed by atoms with Crippen LogP contribution in [-0.2, 0) is 11.2 Å². The van der Waals surface area contributed by atoms with Crippen LogP contribution < -0.4 is 11.1 Å². The fraction of sp³-hybridized carbons (Fsp3) is 0.500. The molecule has 3 N–H and O–H groups in total. The van der Waals surface area contributed by atoms with Gasteiger partial charge in [-0.15, -0.1) is 0 Å². The summed E-state index contributed by atoms with van der Waals surface area (Å²) in [5.41, 5.74) is 9.15. The fourth-order valence-corrected chi connectivity index (χ4v) is 2.58. The number of nitrogen functional groups attached to an aromatic ring is 1. The molecule has 0 heterocycles. The van der Waals surface area contributed by atoms with Crippen LogP contribution in [0.1, 0.15) is 43.4 Å². The molecule has 2 aliphatic carbocycles. The number of rotatable bonds is 2. The van der Waals surface area contributed by atoms with Gasteiger partial charge in [-0.25, -0.2) is 0 Å². The number of hydrogen-bond donors (Lipinski definition) is 2. The monoisotopic (exact) mass is 230 g/mol. The van der Waals surface area contributed by atoms with E-state index in [1.54, 1.807) is 0 Å². The maximum atomic E-state index is 12.0. The molecule has 0 spiro atoms. The van der Waals surface area contributed by atoms with Gasteiger partial charge in [0.05, 0.1) is 6.04 Å². The van der Waals surface area contributed by atoms with Crippen LogP contribution in [0.4, 0.5) is 5.69 Å². The van der Waals surface area contributed by atoms with Gasteiger partial charge in [0, 0.05) is 11.1 Å². The lowest BCUT2D eigenvalue weighted by atomic mass is 10.0. The number of benzene rings is 1. The molecule has 17 heavy (non-hydrogen) atoms. The average molecular weight is 230 g/mol. The number of fused-ring (bicyclic) bond motifs is 1. The third-order valence-corrected chi connectivity index (χ3v) is 4.16. The topological polar surface area (TPSA) is 55.1 Å². The summed E-state index contributed by atoms with van der Waals surface area (Å²) in [6.07, 6.45) is 4.00. The van der Waals surface area contributed by atoms with E-state index in [0.29, 0.717) is 0 Å². The molecule has 1 amide bonds. The first kappa shape index (κ1) is 10.6. The van der Waals surface area contributed by atoms with Crippen molar-refractivity contribution in [2.75, 3.05) is 5.73 Å². The van der Waals surface area contributed by atoms with Crippen molar-refractivity contribution >= 4 is 11.6 Å². The molecule has 0 radical (unpaired) electrons. The second-order valence-electron chi connectivity index (χ2n) is 5.54. The summed E-state index contributed by atoms with van der Waals surface area (Å²) in [7, 11) is 0. The van der Waals surface area contributed by atoms with E-state index in [0.717, 1.165) is 31.4 Å². The third kappa shape index (κ3) is 1.70. The third-order valence-electron chi connectivity index (χ3n) is 4.16. The van der Waals surface area contributed by atoms with Crippen LogP contribution in [0.3, 0.4) is 0 Å². The van der Waals surface area contributed by atoms with Gasteiger partial charge in [0.2, 0.25) is 5.91 Å². The highest BCUT2D eigenvalue weighted by atomic mass is 16.2. The molecule has 1 atom stereocenters. The largest absolute Gasteiger partial charge is 0.398 e. The quantitative estimate of drug-likeness (QED) is 0.765. The van der Waals surface area contributed by atoms with Crippen molar-refractivity contribution in [2.45, 2.75) is 38.6 Å². The molecule has 0 saturated heterocycles. The van der Waals surface area contributed by atoms with Gasteiger partial charge in [0.15, 0.2) is 0 Å². The highest BCUT2D eigenvalue weighted by Crippen LogP contribution is 2.46. The van der Waals surface area contributed by atoms with Gasteiger partial charge >= 0.3 is 0 Å². The van der Waals surface area contributed by atoms with Crippen molar-refractivity contribution in [1.29, 1.82) is 0 Å². The lowest BCUT2D eigenvalue weighted by Gasteiger charge is -2.17. The Balaban J connectivity index is 1.80. The van der Waals surface area contributed by atoms with Crippen LogP contribution in [0.2, 0.25) is 0 Å². The van der Waals surface area contributed by atoms with Gasteiger partial charge in [0.1, 0.15) is 0 Å². The number of amides is 1. The molecule has 0 bridgehead atoms. The summed E-state index contributed by atoms with van der Waals surface area (Å²) in [5, 5.41) is 3.17. The van der Waals surface area contributed by atoms with Crippen molar-refractivity contribution in [2.24, 2.45) is 5.41 Å². The molecule has 0 aromatic heterocycles. The molecule has 1 fully saturated rings. The minimum Gasteiger partial charge on any atom is -0.398 e. The number of anilines is 1. The predicted octanol–water partition coefficient (Wildman–Crippen LogP) is 2.17. The molecule has 1 unspecified atom stereocenters. The highest BCUT2D eigenvalue weighted by Gasteiger charge is 2.45. The zero-order valence-corrected chi connectivity index (χ0v) is 10.1. The minimum atomic E-state index is -0.0942. The molecular formula is C14H18N2O. The molecule has 1 saturated carbocycles. The van der Waals surface area contributed by atoms with Gasteiger partial charge in [-0.3, -0.25) is 4.79 Å². The number of nitrogens with one attached hydrogen (secondary N) is 1. The number of carbonyl (C=O) groups is 1. The summed E-state index contributed by atoms with van der Waals surface area (Å²) < 4.78 is 0. The van der Waals surface area contributed by atoms with Crippen molar-refractivity contribution in [3.05, 3.63) is 29.3 Å². The van der Waals surface area contributed by atoms with E-state index in [2.05, 4.69) is 11.4 Å². The van der Waals surface area contributed by atoms with Crippen molar-refractivity contribution in [3.63, 3.8) is 0 Å². The number of hydrogen-bond acceptors (Lipinski definition) is 2. The number of nitrogens with two attached hydrogens (primary N) is 1. The number of carbonyl (C=O) groups excluding carboxylic acids is 1. The first-order valence-electron chi connectivity index (χ1n) is 6.28. The molecule has 3 rings (SSSR count). The van der Waals surface area contributed by atoms with Crippen LogP contribution in [0.15, 0.2) is 18.2 Å². The van der Waals surface area contributed by atoms with Crippen LogP contribution in [0.25, 0.3) is 0 Å². The minimum absolute atomic E-state index is 0.0942. The summed E-state index contributed by atoms with van der Waals surface area (Å²) in [4.78, 5) is 12.0. The lowest BCUT2D eigenvalue weighted by Crippen LogP contribution is -2.32. The van der Waals surface area contributed by atoms with Crippen molar-refractivity contribution in [3.8, 4) is 0 Å². The zero-order valence-electron chi connectivity index (χ0n) is 10.1. The highest BCUT2D eigenvalue weighted by molar-refractivity contribution is 5.85. The Kier molecular flexibility index (Phi) is 2.18. The summed E-state index contributed by atoms with van der Waals surface area (Å²) in [5.74, 6) is 0.206. The first-order chi connectivity index (χ1) is 8.10. The summed E-state index contributed by atoms with van der Waals surface area (Å²) >= 11 is 0. The van der Waals surface area contributed by atoms with Crippen LogP contribution in [0, 0.1) is 5.41 Å². The summed E-state index contributed by atoms with van der Waals surface area (Å²) in [6, 6.07) is 6.15. The predicted molar refractivity (Wildman–Crippen MR) is 67.4 cm³/mol. The second-order valence-corrected chi connectivity index (χ2v) is 5.54. The van der Waals surface area contributed by atoms with Gasteiger partial charge in [0.25, 0.3) is 0 Å². The lowest BCUT2D eigenvalue weighted by molar-refractivity contribution is -0.126. The normalized spacial score (nSPS) is 24.2. The van der Waals surface area contributed by atoms with E-state index in [4.69, 9.17) is 5.73 Å². The van der Waals surface area contributed by atoms with E-state index in [1.165, 1.54) is 11.1 Å². The van der Waals surface area contributed by atoms with Gasteiger partial charge in [-0.05, 0) is 42.9 Å². The van der Waals surface area contributed by atoms with Crippen molar-refractivity contribution in [1.82, 2.24) is 5.32 Å². The molecule has 1 aromatic rings. The van der Waals surface area contributed by atoms with Crippen LogP contribution in [0.5, 0.6) is 0 Å². The van der Waals surface area contributed by atoms with Crippen LogP contribution in [-0.4, -0.2) is 5.91 Å². The Labute approximate surface area is 101 Å². The van der Waals surface area contributed by atoms with E-state index >= 15 is 0 Å². The molecule has 2 aliphatic rings. The van der Waals surface area contributed by atoms with Crippen LogP contribution >= 0.6 is 0 Å². The van der Waals surface area contributed by atoms with Crippen molar-refractivity contribution < 1.29 is 4.79 Å². The Morgan fingerprint density at radius 1 is 1.47 bits per heavy atom. The average Bonchev–Trinajstić information content (AvgIpc) is 2.92. The fourth-order valence-electron chi connectivity index (χ4n) is 2.58. The van der Waals surface area contributed by atoms with E-state index < -0.39 is 0 Å². The first-order valence-corrected chi connectivity index (χ1v) is 6.28. The smallest absolute Gasteiger partial charge is 0.226 e. The summed E-state index contributed by atoms with van der Waals surface area (Å²) in [6.45, 7) is 2.04. The van der Waals surface area contributed by atoms with Gasteiger partial charge in [-0.2, -0.15) is 0 Å². The second kappa shape index (κ2) is 3.49. The Bertz CT molecular complexity index is 477. The molecule has 90 valence electrons. The molecule has 0 aliphatic heterocycles. The molecule has 1 aromatic carbocycles. The Morgan fingerprint density at radius 2 is 2.24 bits per heavy atom. The molecule has 3 nitrogen and oxygen atoms in total. The Hall–Kier alpha value is -1.51. The zero-order chi connectivity index (χ0) is 12.0. The molecular weight excluding hydrogens is 212 g/mol. The Morgan fingerprint density at radius 3 is 2.94 bits per heavy atom.